The Morgan fingerprint density at radius 3 is 2.43 bits per heavy atom. The van der Waals surface area contributed by atoms with Crippen LogP contribution in [0.3, 0.4) is 0 Å². The summed E-state index contributed by atoms with van der Waals surface area (Å²) in [5.74, 6) is 0.169. The molecule has 0 unspecified atom stereocenters. The van der Waals surface area contributed by atoms with Crippen molar-refractivity contribution in [3.8, 4) is 0 Å². The van der Waals surface area contributed by atoms with Gasteiger partial charge in [-0.1, -0.05) is 0 Å². The van der Waals surface area contributed by atoms with Gasteiger partial charge in [0.1, 0.15) is 17.2 Å². The van der Waals surface area contributed by atoms with Crippen molar-refractivity contribution in [1.29, 1.82) is 0 Å². The highest BCUT2D eigenvalue weighted by atomic mass is 16.4. The molecule has 0 aliphatic rings. The number of furan rings is 1. The standard InChI is InChI=1S/C15H18N2O4/c1-8-5-6-11(21-8)7-17(4)14(18)12-9(2)13(15(19)20)16-10(12)3/h5-6,16H,7H2,1-4H3,(H,19,20). The van der Waals surface area contributed by atoms with Crippen molar-refractivity contribution in [2.75, 3.05) is 7.05 Å². The van der Waals surface area contributed by atoms with Gasteiger partial charge in [-0.05, 0) is 38.5 Å². The van der Waals surface area contributed by atoms with E-state index in [0.29, 0.717) is 29.1 Å². The minimum atomic E-state index is -1.07. The Labute approximate surface area is 122 Å². The normalized spacial score (nSPS) is 10.7. The topological polar surface area (TPSA) is 86.5 Å². The van der Waals surface area contributed by atoms with E-state index in [1.807, 2.05) is 19.1 Å². The Morgan fingerprint density at radius 1 is 1.29 bits per heavy atom. The Balaban J connectivity index is 2.25. The molecule has 0 radical (unpaired) electrons. The van der Waals surface area contributed by atoms with Gasteiger partial charge in [-0.3, -0.25) is 4.79 Å². The second-order valence-corrected chi connectivity index (χ2v) is 5.10. The molecule has 0 saturated heterocycles. The molecule has 0 aromatic carbocycles. The first-order chi connectivity index (χ1) is 9.81. The molecule has 0 aliphatic heterocycles. The number of nitrogens with one attached hydrogen (secondary N) is 1. The first-order valence-corrected chi connectivity index (χ1v) is 6.54. The molecule has 6 heteroatoms. The quantitative estimate of drug-likeness (QED) is 0.905. The predicted molar refractivity (Wildman–Crippen MR) is 76.5 cm³/mol. The Kier molecular flexibility index (Phi) is 3.88. The minimum absolute atomic E-state index is 0.0538. The molecule has 2 N–H and O–H groups in total. The Bertz CT molecular complexity index is 697. The van der Waals surface area contributed by atoms with E-state index in [1.54, 1.807) is 20.9 Å². The average molecular weight is 290 g/mol. The number of hydrogen-bond acceptors (Lipinski definition) is 3. The number of rotatable bonds is 4. The van der Waals surface area contributed by atoms with E-state index in [0.717, 1.165) is 5.76 Å². The minimum Gasteiger partial charge on any atom is -0.477 e. The molecular weight excluding hydrogens is 272 g/mol. The fourth-order valence-corrected chi connectivity index (χ4v) is 2.35. The van der Waals surface area contributed by atoms with Crippen LogP contribution in [0.5, 0.6) is 0 Å². The zero-order valence-corrected chi connectivity index (χ0v) is 12.5. The van der Waals surface area contributed by atoms with Gasteiger partial charge in [-0.25, -0.2) is 4.79 Å². The van der Waals surface area contributed by atoms with Crippen molar-refractivity contribution in [2.45, 2.75) is 27.3 Å². The van der Waals surface area contributed by atoms with E-state index in [1.165, 1.54) is 4.90 Å². The van der Waals surface area contributed by atoms with Crippen molar-refractivity contribution in [3.05, 3.63) is 46.2 Å². The first kappa shape index (κ1) is 14.9. The maximum absolute atomic E-state index is 12.5. The first-order valence-electron chi connectivity index (χ1n) is 6.54. The second-order valence-electron chi connectivity index (χ2n) is 5.10. The highest BCUT2D eigenvalue weighted by Crippen LogP contribution is 2.20. The molecule has 2 aromatic heterocycles. The predicted octanol–water partition coefficient (Wildman–Crippen LogP) is 2.50. The van der Waals surface area contributed by atoms with Gasteiger partial charge in [0, 0.05) is 12.7 Å². The number of carboxylic acid groups (broad SMARTS) is 1. The number of aryl methyl sites for hydroxylation is 2. The van der Waals surface area contributed by atoms with E-state index >= 15 is 0 Å². The van der Waals surface area contributed by atoms with Crippen LogP contribution < -0.4 is 0 Å². The number of carbonyl (C=O) groups is 2. The fraction of sp³-hybridized carbons (Fsp3) is 0.333. The van der Waals surface area contributed by atoms with Gasteiger partial charge in [0.05, 0.1) is 12.1 Å². The zero-order chi connectivity index (χ0) is 15.7. The van der Waals surface area contributed by atoms with Crippen LogP contribution in [0.25, 0.3) is 0 Å². The summed E-state index contributed by atoms with van der Waals surface area (Å²) >= 11 is 0. The van der Waals surface area contributed by atoms with Gasteiger partial charge in [0.25, 0.3) is 5.91 Å². The fourth-order valence-electron chi connectivity index (χ4n) is 2.35. The summed E-state index contributed by atoms with van der Waals surface area (Å²) in [7, 11) is 1.66. The summed E-state index contributed by atoms with van der Waals surface area (Å²) in [6.07, 6.45) is 0. The van der Waals surface area contributed by atoms with E-state index < -0.39 is 5.97 Å². The number of nitrogens with zero attached hydrogens (tertiary/aromatic N) is 1. The summed E-state index contributed by atoms with van der Waals surface area (Å²) in [4.78, 5) is 27.9. The number of amides is 1. The Morgan fingerprint density at radius 2 is 1.95 bits per heavy atom. The van der Waals surface area contributed by atoms with Crippen molar-refractivity contribution in [3.63, 3.8) is 0 Å². The Hall–Kier alpha value is -2.50. The molecule has 2 aromatic rings. The maximum Gasteiger partial charge on any atom is 0.352 e. The van der Waals surface area contributed by atoms with E-state index in [9.17, 15) is 9.59 Å². The van der Waals surface area contributed by atoms with Crippen molar-refractivity contribution < 1.29 is 19.1 Å². The number of aromatic nitrogens is 1. The largest absolute Gasteiger partial charge is 0.477 e. The SMILES string of the molecule is Cc1ccc(CN(C)C(=O)c2c(C)[nH]c(C(=O)O)c2C)o1. The maximum atomic E-state index is 12.5. The summed E-state index contributed by atoms with van der Waals surface area (Å²) in [6, 6.07) is 3.65. The molecule has 0 spiro atoms. The lowest BCUT2D eigenvalue weighted by Crippen LogP contribution is -2.27. The highest BCUT2D eigenvalue weighted by Gasteiger charge is 2.24. The molecule has 2 heterocycles. The molecule has 21 heavy (non-hydrogen) atoms. The van der Waals surface area contributed by atoms with Gasteiger partial charge >= 0.3 is 5.97 Å². The molecule has 0 bridgehead atoms. The molecular formula is C15H18N2O4. The summed E-state index contributed by atoms with van der Waals surface area (Å²) < 4.78 is 5.45. The van der Waals surface area contributed by atoms with Crippen LogP contribution in [0.4, 0.5) is 0 Å². The average Bonchev–Trinajstić information content (AvgIpc) is 2.92. The number of hydrogen-bond donors (Lipinski definition) is 2. The van der Waals surface area contributed by atoms with Gasteiger partial charge in [0.2, 0.25) is 0 Å². The number of carboxylic acids is 1. The van der Waals surface area contributed by atoms with Crippen LogP contribution in [-0.2, 0) is 6.54 Å². The molecule has 2 rings (SSSR count). The van der Waals surface area contributed by atoms with Crippen LogP contribution in [-0.4, -0.2) is 33.9 Å². The molecule has 1 amide bonds. The molecule has 0 aliphatic carbocycles. The van der Waals surface area contributed by atoms with Gasteiger partial charge in [-0.2, -0.15) is 0 Å². The van der Waals surface area contributed by atoms with Crippen LogP contribution in [0.1, 0.15) is 43.6 Å². The van der Waals surface area contributed by atoms with Crippen LogP contribution in [0, 0.1) is 20.8 Å². The van der Waals surface area contributed by atoms with E-state index in [4.69, 9.17) is 9.52 Å². The third-order valence-corrected chi connectivity index (χ3v) is 3.40. The highest BCUT2D eigenvalue weighted by molar-refractivity contribution is 6.00. The number of carbonyl (C=O) groups excluding carboxylic acids is 1. The number of aromatic carboxylic acids is 1. The summed E-state index contributed by atoms with van der Waals surface area (Å²) in [5.41, 5.74) is 1.46. The third-order valence-electron chi connectivity index (χ3n) is 3.40. The monoisotopic (exact) mass is 290 g/mol. The lowest BCUT2D eigenvalue weighted by Gasteiger charge is -2.16. The molecule has 6 nitrogen and oxygen atoms in total. The van der Waals surface area contributed by atoms with Gasteiger partial charge in [0.15, 0.2) is 0 Å². The van der Waals surface area contributed by atoms with Crippen LogP contribution in [0.2, 0.25) is 0 Å². The number of H-pyrrole nitrogens is 1. The lowest BCUT2D eigenvalue weighted by molar-refractivity contribution is 0.0690. The lowest BCUT2D eigenvalue weighted by atomic mass is 10.1. The van der Waals surface area contributed by atoms with E-state index in [2.05, 4.69) is 4.98 Å². The molecule has 0 atom stereocenters. The molecule has 0 fully saturated rings. The molecule has 112 valence electrons. The summed E-state index contributed by atoms with van der Waals surface area (Å²) in [5, 5.41) is 9.09. The van der Waals surface area contributed by atoms with Crippen molar-refractivity contribution >= 4 is 11.9 Å². The van der Waals surface area contributed by atoms with Crippen molar-refractivity contribution in [2.24, 2.45) is 0 Å². The second kappa shape index (κ2) is 5.47. The molecule has 0 saturated carbocycles. The van der Waals surface area contributed by atoms with Gasteiger partial charge in [-0.15, -0.1) is 0 Å². The smallest absolute Gasteiger partial charge is 0.352 e. The number of aromatic amines is 1. The van der Waals surface area contributed by atoms with Crippen molar-refractivity contribution in [1.82, 2.24) is 9.88 Å². The zero-order valence-electron chi connectivity index (χ0n) is 12.5. The van der Waals surface area contributed by atoms with Crippen LogP contribution in [0.15, 0.2) is 16.5 Å². The van der Waals surface area contributed by atoms with E-state index in [-0.39, 0.29) is 11.6 Å². The third kappa shape index (κ3) is 2.84. The van der Waals surface area contributed by atoms with Gasteiger partial charge < -0.3 is 19.4 Å². The van der Waals surface area contributed by atoms with Crippen LogP contribution >= 0.6 is 0 Å². The summed E-state index contributed by atoms with van der Waals surface area (Å²) in [6.45, 7) is 5.49.